The average molecular weight is 404 g/mol. The molecule has 0 aliphatic carbocycles. The van der Waals surface area contributed by atoms with Crippen LogP contribution in [-0.4, -0.2) is 41.8 Å². The lowest BCUT2D eigenvalue weighted by molar-refractivity contribution is 0.171. The molecule has 1 aliphatic rings. The monoisotopic (exact) mass is 404 g/mol. The summed E-state index contributed by atoms with van der Waals surface area (Å²) in [7, 11) is 3.21. The zero-order chi connectivity index (χ0) is 20.5. The van der Waals surface area contributed by atoms with Crippen LogP contribution < -0.4 is 24.3 Å². The second-order valence-corrected chi connectivity index (χ2v) is 6.69. The van der Waals surface area contributed by atoms with E-state index in [1.54, 1.807) is 20.4 Å². The number of imidazole rings is 1. The second kappa shape index (κ2) is 7.47. The molecule has 0 spiro atoms. The number of nitrogens with one attached hydrogen (secondary N) is 1. The average Bonchev–Trinajstić information content (AvgIpc) is 3.27. The van der Waals surface area contributed by atoms with Crippen molar-refractivity contribution in [2.45, 2.75) is 0 Å². The molecule has 2 aromatic heterocycles. The van der Waals surface area contributed by atoms with Crippen LogP contribution in [0.2, 0.25) is 0 Å². The molecule has 0 saturated heterocycles. The van der Waals surface area contributed by atoms with Crippen molar-refractivity contribution in [1.82, 2.24) is 14.4 Å². The lowest BCUT2D eigenvalue weighted by Crippen LogP contribution is -2.15. The van der Waals surface area contributed by atoms with Crippen LogP contribution in [-0.2, 0) is 0 Å². The van der Waals surface area contributed by atoms with Gasteiger partial charge in [-0.1, -0.05) is 0 Å². The molecule has 1 N–H and O–H groups in total. The summed E-state index contributed by atoms with van der Waals surface area (Å²) >= 11 is 0. The van der Waals surface area contributed by atoms with Crippen molar-refractivity contribution in [3.05, 3.63) is 55.0 Å². The predicted octanol–water partition coefficient (Wildman–Crippen LogP) is 3.93. The number of fused-ring (bicyclic) bond motifs is 2. The molecule has 8 heteroatoms. The number of ether oxygens (including phenoxy) is 4. The lowest BCUT2D eigenvalue weighted by atomic mass is 10.1. The van der Waals surface area contributed by atoms with Gasteiger partial charge in [0.2, 0.25) is 0 Å². The van der Waals surface area contributed by atoms with Crippen LogP contribution in [0.15, 0.2) is 55.0 Å². The van der Waals surface area contributed by atoms with Crippen molar-refractivity contribution in [3.8, 4) is 34.3 Å². The minimum absolute atomic E-state index is 0.538. The molecule has 4 aromatic rings. The zero-order valence-electron chi connectivity index (χ0n) is 16.6. The molecule has 3 heterocycles. The molecule has 0 saturated carbocycles. The number of rotatable bonds is 5. The molecule has 0 bridgehead atoms. The van der Waals surface area contributed by atoms with Gasteiger partial charge in [-0.15, -0.1) is 0 Å². The van der Waals surface area contributed by atoms with Crippen LogP contribution in [0.3, 0.4) is 0 Å². The highest BCUT2D eigenvalue weighted by atomic mass is 16.6. The quantitative estimate of drug-likeness (QED) is 0.540. The van der Waals surface area contributed by atoms with Crippen LogP contribution in [0.25, 0.3) is 16.9 Å². The molecule has 0 amide bonds. The van der Waals surface area contributed by atoms with Crippen LogP contribution in [0.1, 0.15) is 0 Å². The fraction of sp³-hybridized carbons (Fsp3) is 0.182. The Labute approximate surface area is 173 Å². The van der Waals surface area contributed by atoms with E-state index in [1.165, 1.54) is 0 Å². The Morgan fingerprint density at radius 2 is 1.80 bits per heavy atom. The summed E-state index contributed by atoms with van der Waals surface area (Å²) in [5.41, 5.74) is 3.22. The van der Waals surface area contributed by atoms with Gasteiger partial charge in [-0.05, 0) is 30.3 Å². The SMILES string of the molecule is COc1ccc(Nc2nc(-c3ccc4c(c3)OCCO4)cn3ccnc23)cc1OC. The summed E-state index contributed by atoms with van der Waals surface area (Å²) < 4.78 is 24.0. The Morgan fingerprint density at radius 3 is 2.63 bits per heavy atom. The molecule has 152 valence electrons. The van der Waals surface area contributed by atoms with E-state index in [9.17, 15) is 0 Å². The molecule has 0 radical (unpaired) electrons. The van der Waals surface area contributed by atoms with Crippen molar-refractivity contribution < 1.29 is 18.9 Å². The van der Waals surface area contributed by atoms with Gasteiger partial charge in [-0.3, -0.25) is 0 Å². The number of methoxy groups -OCH3 is 2. The molecular weight excluding hydrogens is 384 g/mol. The van der Waals surface area contributed by atoms with Crippen LogP contribution in [0.4, 0.5) is 11.5 Å². The lowest BCUT2D eigenvalue weighted by Gasteiger charge is -2.19. The number of anilines is 2. The largest absolute Gasteiger partial charge is 0.493 e. The number of hydrogen-bond donors (Lipinski definition) is 1. The first-order chi connectivity index (χ1) is 14.7. The number of hydrogen-bond acceptors (Lipinski definition) is 7. The van der Waals surface area contributed by atoms with E-state index in [-0.39, 0.29) is 0 Å². The summed E-state index contributed by atoms with van der Waals surface area (Å²) in [5, 5.41) is 3.35. The highest BCUT2D eigenvalue weighted by Crippen LogP contribution is 2.35. The molecule has 0 fully saturated rings. The molecular formula is C22H20N4O4. The number of aromatic nitrogens is 3. The van der Waals surface area contributed by atoms with Crippen molar-refractivity contribution in [2.24, 2.45) is 0 Å². The highest BCUT2D eigenvalue weighted by molar-refractivity contribution is 5.75. The summed E-state index contributed by atoms with van der Waals surface area (Å²) in [4.78, 5) is 9.26. The molecule has 8 nitrogen and oxygen atoms in total. The van der Waals surface area contributed by atoms with Gasteiger partial charge < -0.3 is 28.7 Å². The summed E-state index contributed by atoms with van der Waals surface area (Å²) in [6.45, 7) is 1.10. The van der Waals surface area contributed by atoms with E-state index in [4.69, 9.17) is 23.9 Å². The summed E-state index contributed by atoms with van der Waals surface area (Å²) in [6.07, 6.45) is 5.57. The smallest absolute Gasteiger partial charge is 0.180 e. The topological polar surface area (TPSA) is 79.1 Å². The minimum atomic E-state index is 0.538. The van der Waals surface area contributed by atoms with Gasteiger partial charge in [0.25, 0.3) is 0 Å². The molecule has 0 unspecified atom stereocenters. The third-order valence-corrected chi connectivity index (χ3v) is 4.86. The first-order valence-electron chi connectivity index (χ1n) is 9.48. The Balaban J connectivity index is 1.55. The van der Waals surface area contributed by atoms with Crippen LogP contribution in [0, 0.1) is 0 Å². The Bertz CT molecular complexity index is 1220. The fourth-order valence-corrected chi connectivity index (χ4v) is 3.41. The van der Waals surface area contributed by atoms with Gasteiger partial charge in [0.1, 0.15) is 13.2 Å². The maximum absolute atomic E-state index is 5.72. The summed E-state index contributed by atoms with van der Waals surface area (Å²) in [6, 6.07) is 11.4. The van der Waals surface area contributed by atoms with Crippen molar-refractivity contribution in [2.75, 3.05) is 32.8 Å². The van der Waals surface area contributed by atoms with Crippen molar-refractivity contribution in [3.63, 3.8) is 0 Å². The molecule has 1 aliphatic heterocycles. The van der Waals surface area contributed by atoms with E-state index in [1.807, 2.05) is 53.2 Å². The van der Waals surface area contributed by atoms with Crippen LogP contribution in [0.5, 0.6) is 23.0 Å². The van der Waals surface area contributed by atoms with E-state index in [0.29, 0.717) is 36.2 Å². The third-order valence-electron chi connectivity index (χ3n) is 4.86. The molecule has 30 heavy (non-hydrogen) atoms. The fourth-order valence-electron chi connectivity index (χ4n) is 3.41. The maximum Gasteiger partial charge on any atom is 0.180 e. The minimum Gasteiger partial charge on any atom is -0.493 e. The third kappa shape index (κ3) is 3.22. The predicted molar refractivity (Wildman–Crippen MR) is 112 cm³/mol. The van der Waals surface area contributed by atoms with Gasteiger partial charge in [0.15, 0.2) is 34.5 Å². The Kier molecular flexibility index (Phi) is 4.51. The van der Waals surface area contributed by atoms with Gasteiger partial charge in [-0.2, -0.15) is 0 Å². The normalized spacial score (nSPS) is 12.6. The first-order valence-corrected chi connectivity index (χ1v) is 9.48. The number of benzene rings is 2. The number of nitrogens with zero attached hydrogens (tertiary/aromatic N) is 3. The standard InChI is InChI=1S/C22H20N4O4/c1-27-17-6-4-15(12-19(17)28-2)24-21-22-23-7-8-26(22)13-16(25-21)14-3-5-18-20(11-14)30-10-9-29-18/h3-8,11-13H,9-10H2,1-2H3,(H,24,25). The van der Waals surface area contributed by atoms with E-state index in [2.05, 4.69) is 10.3 Å². The van der Waals surface area contributed by atoms with Crippen molar-refractivity contribution in [1.29, 1.82) is 0 Å². The van der Waals surface area contributed by atoms with Crippen LogP contribution >= 0.6 is 0 Å². The maximum atomic E-state index is 5.72. The van der Waals surface area contributed by atoms with Crippen molar-refractivity contribution >= 4 is 17.2 Å². The van der Waals surface area contributed by atoms with Gasteiger partial charge in [0.05, 0.1) is 19.9 Å². The van der Waals surface area contributed by atoms with Gasteiger partial charge in [0, 0.05) is 35.9 Å². The van der Waals surface area contributed by atoms with Gasteiger partial charge >= 0.3 is 0 Å². The summed E-state index contributed by atoms with van der Waals surface area (Å²) in [5.74, 6) is 3.38. The first kappa shape index (κ1) is 18.1. The Hall–Kier alpha value is -3.94. The van der Waals surface area contributed by atoms with E-state index < -0.39 is 0 Å². The van der Waals surface area contributed by atoms with E-state index >= 15 is 0 Å². The highest BCUT2D eigenvalue weighted by Gasteiger charge is 2.15. The second-order valence-electron chi connectivity index (χ2n) is 6.69. The molecule has 5 rings (SSSR count). The van der Waals surface area contributed by atoms with E-state index in [0.717, 1.165) is 28.4 Å². The molecule has 0 atom stereocenters. The Morgan fingerprint density at radius 1 is 0.967 bits per heavy atom. The van der Waals surface area contributed by atoms with Gasteiger partial charge in [-0.25, -0.2) is 9.97 Å². The zero-order valence-corrected chi connectivity index (χ0v) is 16.6. The molecule has 2 aromatic carbocycles.